The molecule has 1 amide bonds. The third kappa shape index (κ3) is 4.54. The fourth-order valence-corrected chi connectivity index (χ4v) is 3.16. The number of aromatic nitrogens is 1. The lowest BCUT2D eigenvalue weighted by Gasteiger charge is -2.31. The number of piperidine rings is 1. The van der Waals surface area contributed by atoms with Gasteiger partial charge in [-0.15, -0.1) is 11.3 Å². The van der Waals surface area contributed by atoms with E-state index in [1.54, 1.807) is 5.38 Å². The van der Waals surface area contributed by atoms with Crippen molar-refractivity contribution < 1.29 is 9.90 Å². The highest BCUT2D eigenvalue weighted by atomic mass is 32.1. The maximum Gasteiger partial charge on any atom is 0.270 e. The van der Waals surface area contributed by atoms with Gasteiger partial charge in [0.15, 0.2) is 0 Å². The zero-order valence-corrected chi connectivity index (χ0v) is 12.8. The van der Waals surface area contributed by atoms with E-state index in [2.05, 4.69) is 15.2 Å². The smallest absolute Gasteiger partial charge is 0.270 e. The number of carbonyl (C=O) groups is 1. The maximum absolute atomic E-state index is 11.8. The molecule has 0 spiro atoms. The second kappa shape index (κ2) is 7.71. The molecule has 5 nitrogen and oxygen atoms in total. The zero-order valence-electron chi connectivity index (χ0n) is 12.0. The molecule has 1 aromatic rings. The van der Waals surface area contributed by atoms with Gasteiger partial charge in [-0.05, 0) is 45.2 Å². The molecule has 20 heavy (non-hydrogen) atoms. The molecule has 0 radical (unpaired) electrons. The standard InChI is InChI=1S/C14H23N3O2S/c1-11-16-13(10-20-11)14(19)15-5-3-7-17-6-2-4-12(8-17)9-18/h10,12,18H,2-9H2,1H3,(H,15,19). The molecule has 1 aliphatic heterocycles. The van der Waals surface area contributed by atoms with Gasteiger partial charge < -0.3 is 15.3 Å². The molecule has 1 saturated heterocycles. The van der Waals surface area contributed by atoms with E-state index in [4.69, 9.17) is 0 Å². The normalized spacial score (nSPS) is 20.0. The SMILES string of the molecule is Cc1nc(C(=O)NCCCN2CCCC(CO)C2)cs1. The monoisotopic (exact) mass is 297 g/mol. The second-order valence-electron chi connectivity index (χ2n) is 5.35. The van der Waals surface area contributed by atoms with Crippen molar-refractivity contribution in [1.29, 1.82) is 0 Å². The van der Waals surface area contributed by atoms with Crippen LogP contribution in [0, 0.1) is 12.8 Å². The van der Waals surface area contributed by atoms with Crippen molar-refractivity contribution >= 4 is 17.2 Å². The fraction of sp³-hybridized carbons (Fsp3) is 0.714. The number of nitrogens with zero attached hydrogens (tertiary/aromatic N) is 2. The molecule has 6 heteroatoms. The molecule has 1 fully saturated rings. The van der Waals surface area contributed by atoms with Gasteiger partial charge in [0.05, 0.1) is 5.01 Å². The number of aliphatic hydroxyl groups is 1. The minimum absolute atomic E-state index is 0.0822. The van der Waals surface area contributed by atoms with E-state index >= 15 is 0 Å². The molecule has 0 bridgehead atoms. The Morgan fingerprint density at radius 2 is 2.50 bits per heavy atom. The molecule has 2 heterocycles. The third-order valence-corrected chi connectivity index (χ3v) is 4.42. The molecule has 2 rings (SSSR count). The predicted molar refractivity (Wildman–Crippen MR) is 80.1 cm³/mol. The summed E-state index contributed by atoms with van der Waals surface area (Å²) in [5.74, 6) is 0.345. The predicted octanol–water partition coefficient (Wildman–Crippen LogP) is 1.28. The molecular formula is C14H23N3O2S. The Morgan fingerprint density at radius 1 is 1.65 bits per heavy atom. The molecule has 1 aromatic heterocycles. The number of rotatable bonds is 6. The van der Waals surface area contributed by atoms with Gasteiger partial charge in [0.1, 0.15) is 5.69 Å². The van der Waals surface area contributed by atoms with Gasteiger partial charge in [-0.3, -0.25) is 4.79 Å². The summed E-state index contributed by atoms with van der Waals surface area (Å²) >= 11 is 1.49. The number of thiazole rings is 1. The topological polar surface area (TPSA) is 65.5 Å². The molecule has 1 aliphatic rings. The Bertz CT molecular complexity index is 436. The average Bonchev–Trinajstić information content (AvgIpc) is 2.90. The number of likely N-dealkylation sites (tertiary alicyclic amines) is 1. The lowest BCUT2D eigenvalue weighted by Crippen LogP contribution is -2.38. The van der Waals surface area contributed by atoms with Crippen molar-refractivity contribution in [3.05, 3.63) is 16.1 Å². The number of carbonyl (C=O) groups excluding carboxylic acids is 1. The van der Waals surface area contributed by atoms with Gasteiger partial charge in [0, 0.05) is 25.1 Å². The van der Waals surface area contributed by atoms with Crippen LogP contribution in [0.5, 0.6) is 0 Å². The van der Waals surface area contributed by atoms with E-state index in [1.165, 1.54) is 11.3 Å². The van der Waals surface area contributed by atoms with Gasteiger partial charge in [-0.1, -0.05) is 0 Å². The van der Waals surface area contributed by atoms with Gasteiger partial charge in [-0.25, -0.2) is 4.98 Å². The van der Waals surface area contributed by atoms with Gasteiger partial charge in [0.2, 0.25) is 0 Å². The van der Waals surface area contributed by atoms with Crippen LogP contribution < -0.4 is 5.32 Å². The van der Waals surface area contributed by atoms with E-state index in [-0.39, 0.29) is 12.5 Å². The molecule has 1 atom stereocenters. The van der Waals surface area contributed by atoms with Crippen LogP contribution in [-0.2, 0) is 0 Å². The number of amides is 1. The number of aryl methyl sites for hydroxylation is 1. The van der Waals surface area contributed by atoms with Crippen LogP contribution in [0.1, 0.15) is 34.8 Å². The van der Waals surface area contributed by atoms with Crippen molar-refractivity contribution in [2.45, 2.75) is 26.2 Å². The minimum atomic E-state index is -0.0822. The van der Waals surface area contributed by atoms with Crippen LogP contribution in [0.3, 0.4) is 0 Å². The zero-order chi connectivity index (χ0) is 14.4. The van der Waals surface area contributed by atoms with Gasteiger partial charge >= 0.3 is 0 Å². The van der Waals surface area contributed by atoms with Crippen LogP contribution in [-0.4, -0.2) is 53.7 Å². The summed E-state index contributed by atoms with van der Waals surface area (Å²) < 4.78 is 0. The number of nitrogens with one attached hydrogen (secondary N) is 1. The van der Waals surface area contributed by atoms with E-state index in [9.17, 15) is 9.90 Å². The lowest BCUT2D eigenvalue weighted by atomic mass is 9.99. The fourth-order valence-electron chi connectivity index (χ4n) is 2.57. The van der Waals surface area contributed by atoms with Crippen LogP contribution in [0.15, 0.2) is 5.38 Å². The number of hydrogen-bond donors (Lipinski definition) is 2. The summed E-state index contributed by atoms with van der Waals surface area (Å²) in [5.41, 5.74) is 0.519. The summed E-state index contributed by atoms with van der Waals surface area (Å²) in [6, 6.07) is 0. The largest absolute Gasteiger partial charge is 0.396 e. The Kier molecular flexibility index (Phi) is 5.94. The molecular weight excluding hydrogens is 274 g/mol. The van der Waals surface area contributed by atoms with Crippen LogP contribution in [0.2, 0.25) is 0 Å². The molecule has 2 N–H and O–H groups in total. The van der Waals surface area contributed by atoms with Crippen molar-refractivity contribution in [1.82, 2.24) is 15.2 Å². The quantitative estimate of drug-likeness (QED) is 0.776. The maximum atomic E-state index is 11.8. The van der Waals surface area contributed by atoms with E-state index in [0.29, 0.717) is 18.2 Å². The lowest BCUT2D eigenvalue weighted by molar-refractivity contribution is 0.0942. The molecule has 112 valence electrons. The Balaban J connectivity index is 1.62. The minimum Gasteiger partial charge on any atom is -0.396 e. The van der Waals surface area contributed by atoms with Crippen LogP contribution in [0.4, 0.5) is 0 Å². The summed E-state index contributed by atoms with van der Waals surface area (Å²) in [6.07, 6.45) is 3.23. The second-order valence-corrected chi connectivity index (χ2v) is 6.41. The van der Waals surface area contributed by atoms with Gasteiger partial charge in [-0.2, -0.15) is 0 Å². The van der Waals surface area contributed by atoms with E-state index in [1.807, 2.05) is 6.92 Å². The van der Waals surface area contributed by atoms with Crippen molar-refractivity contribution in [2.24, 2.45) is 5.92 Å². The van der Waals surface area contributed by atoms with Crippen molar-refractivity contribution in [3.8, 4) is 0 Å². The van der Waals surface area contributed by atoms with E-state index in [0.717, 1.165) is 43.9 Å². The van der Waals surface area contributed by atoms with Crippen LogP contribution >= 0.6 is 11.3 Å². The Labute approximate surface area is 124 Å². The summed E-state index contributed by atoms with van der Waals surface area (Å²) in [7, 11) is 0. The molecule has 0 aliphatic carbocycles. The van der Waals surface area contributed by atoms with Crippen molar-refractivity contribution in [2.75, 3.05) is 32.8 Å². The molecule has 1 unspecified atom stereocenters. The summed E-state index contributed by atoms with van der Waals surface area (Å²) in [6.45, 7) is 5.93. The molecule has 0 saturated carbocycles. The highest BCUT2D eigenvalue weighted by molar-refractivity contribution is 7.09. The van der Waals surface area contributed by atoms with Gasteiger partial charge in [0.25, 0.3) is 5.91 Å². The number of aliphatic hydroxyl groups excluding tert-OH is 1. The first-order chi connectivity index (χ1) is 9.69. The highest BCUT2D eigenvalue weighted by Crippen LogP contribution is 2.15. The van der Waals surface area contributed by atoms with E-state index < -0.39 is 0 Å². The Morgan fingerprint density at radius 3 is 3.20 bits per heavy atom. The first-order valence-corrected chi connectivity index (χ1v) is 8.10. The van der Waals surface area contributed by atoms with Crippen molar-refractivity contribution in [3.63, 3.8) is 0 Å². The average molecular weight is 297 g/mol. The first-order valence-electron chi connectivity index (χ1n) is 7.22. The number of hydrogen-bond acceptors (Lipinski definition) is 5. The molecule has 0 aromatic carbocycles. The van der Waals surface area contributed by atoms with Crippen LogP contribution in [0.25, 0.3) is 0 Å². The summed E-state index contributed by atoms with van der Waals surface area (Å²) in [4.78, 5) is 18.3. The third-order valence-electron chi connectivity index (χ3n) is 3.65. The highest BCUT2D eigenvalue weighted by Gasteiger charge is 2.18. The summed E-state index contributed by atoms with van der Waals surface area (Å²) in [5, 5.41) is 14.8. The Hall–Kier alpha value is -0.980. The first kappa shape index (κ1) is 15.4.